The quantitative estimate of drug-likeness (QED) is 0.620. The molecular formula is C10H14BNO2. The highest BCUT2D eigenvalue weighted by Gasteiger charge is 2.26. The molecule has 0 spiro atoms. The second kappa shape index (κ2) is 3.37. The SMILES string of the molecule is Cc1c(B(O)O)cnc2c1C(C)CC2. The normalized spacial score (nSPS) is 19.6. The van der Waals surface area contributed by atoms with Gasteiger partial charge in [0.1, 0.15) is 0 Å². The molecule has 0 aliphatic heterocycles. The number of aromatic nitrogens is 1. The van der Waals surface area contributed by atoms with Crippen LogP contribution >= 0.6 is 0 Å². The van der Waals surface area contributed by atoms with E-state index in [-0.39, 0.29) is 0 Å². The highest BCUT2D eigenvalue weighted by atomic mass is 16.4. The average Bonchev–Trinajstić information content (AvgIpc) is 2.48. The van der Waals surface area contributed by atoms with Crippen LogP contribution in [-0.2, 0) is 6.42 Å². The maximum absolute atomic E-state index is 9.14. The van der Waals surface area contributed by atoms with Crippen molar-refractivity contribution in [3.63, 3.8) is 0 Å². The summed E-state index contributed by atoms with van der Waals surface area (Å²) in [5.74, 6) is 0.496. The molecule has 0 fully saturated rings. The molecule has 0 saturated heterocycles. The Morgan fingerprint density at radius 3 is 2.86 bits per heavy atom. The number of rotatable bonds is 1. The Morgan fingerprint density at radius 2 is 2.21 bits per heavy atom. The van der Waals surface area contributed by atoms with Crippen molar-refractivity contribution in [3.05, 3.63) is 23.0 Å². The molecule has 1 atom stereocenters. The lowest BCUT2D eigenvalue weighted by molar-refractivity contribution is 0.425. The summed E-state index contributed by atoms with van der Waals surface area (Å²) in [5, 5.41) is 18.3. The molecule has 74 valence electrons. The van der Waals surface area contributed by atoms with Crippen molar-refractivity contribution in [2.45, 2.75) is 32.6 Å². The van der Waals surface area contributed by atoms with Crippen LogP contribution in [-0.4, -0.2) is 22.2 Å². The van der Waals surface area contributed by atoms with Gasteiger partial charge in [-0.2, -0.15) is 0 Å². The van der Waals surface area contributed by atoms with Gasteiger partial charge in [-0.15, -0.1) is 0 Å². The maximum atomic E-state index is 9.14. The van der Waals surface area contributed by atoms with Gasteiger partial charge in [-0.25, -0.2) is 0 Å². The maximum Gasteiger partial charge on any atom is 0.490 e. The smallest absolute Gasteiger partial charge is 0.423 e. The van der Waals surface area contributed by atoms with Crippen LogP contribution in [0.5, 0.6) is 0 Å². The lowest BCUT2D eigenvalue weighted by Gasteiger charge is -2.12. The van der Waals surface area contributed by atoms with Gasteiger partial charge in [0.15, 0.2) is 0 Å². The van der Waals surface area contributed by atoms with Gasteiger partial charge < -0.3 is 10.0 Å². The predicted molar refractivity (Wildman–Crippen MR) is 55.5 cm³/mol. The Hall–Kier alpha value is -0.865. The zero-order valence-electron chi connectivity index (χ0n) is 8.49. The molecule has 0 aromatic carbocycles. The largest absolute Gasteiger partial charge is 0.490 e. The Morgan fingerprint density at radius 1 is 1.50 bits per heavy atom. The molecule has 0 amide bonds. The summed E-state index contributed by atoms with van der Waals surface area (Å²) >= 11 is 0. The number of hydrogen-bond donors (Lipinski definition) is 2. The van der Waals surface area contributed by atoms with E-state index in [1.165, 1.54) is 5.56 Å². The molecule has 0 saturated carbocycles. The molecule has 4 heteroatoms. The standard InChI is InChI=1S/C10H14BNO2/c1-6-3-4-9-10(6)7(2)8(5-12-9)11(13)14/h5-6,13-14H,3-4H2,1-2H3. The highest BCUT2D eigenvalue weighted by molar-refractivity contribution is 6.59. The number of hydrogen-bond acceptors (Lipinski definition) is 3. The van der Waals surface area contributed by atoms with Gasteiger partial charge in [-0.05, 0) is 36.8 Å². The van der Waals surface area contributed by atoms with Crippen LogP contribution in [0.1, 0.15) is 36.1 Å². The van der Waals surface area contributed by atoms with Crippen molar-refractivity contribution in [2.24, 2.45) is 0 Å². The van der Waals surface area contributed by atoms with E-state index < -0.39 is 7.12 Å². The second-order valence-corrected chi connectivity index (χ2v) is 4.01. The van der Waals surface area contributed by atoms with Crippen molar-refractivity contribution >= 4 is 12.6 Å². The van der Waals surface area contributed by atoms with E-state index in [0.29, 0.717) is 11.4 Å². The van der Waals surface area contributed by atoms with Gasteiger partial charge in [-0.1, -0.05) is 6.92 Å². The van der Waals surface area contributed by atoms with Crippen molar-refractivity contribution in [1.29, 1.82) is 0 Å². The summed E-state index contributed by atoms with van der Waals surface area (Å²) in [6.07, 6.45) is 3.71. The summed E-state index contributed by atoms with van der Waals surface area (Å²) in [6, 6.07) is 0. The minimum Gasteiger partial charge on any atom is -0.423 e. The van der Waals surface area contributed by atoms with Gasteiger partial charge in [0.25, 0.3) is 0 Å². The van der Waals surface area contributed by atoms with Crippen molar-refractivity contribution < 1.29 is 10.0 Å². The van der Waals surface area contributed by atoms with Crippen LogP contribution in [0.25, 0.3) is 0 Å². The van der Waals surface area contributed by atoms with E-state index >= 15 is 0 Å². The zero-order valence-corrected chi connectivity index (χ0v) is 8.49. The first-order chi connectivity index (χ1) is 6.61. The molecule has 1 aliphatic carbocycles. The third-order valence-electron chi connectivity index (χ3n) is 3.09. The Labute approximate surface area is 84.0 Å². The first-order valence-electron chi connectivity index (χ1n) is 4.95. The van der Waals surface area contributed by atoms with Gasteiger partial charge >= 0.3 is 7.12 Å². The lowest BCUT2D eigenvalue weighted by atomic mass is 9.76. The Kier molecular flexibility index (Phi) is 2.33. The van der Waals surface area contributed by atoms with E-state index in [1.54, 1.807) is 6.20 Å². The van der Waals surface area contributed by atoms with Crippen LogP contribution in [0.4, 0.5) is 0 Å². The van der Waals surface area contributed by atoms with Crippen LogP contribution in [0.3, 0.4) is 0 Å². The summed E-state index contributed by atoms with van der Waals surface area (Å²) in [5.41, 5.74) is 3.88. The number of pyridine rings is 1. The molecule has 3 nitrogen and oxygen atoms in total. The van der Waals surface area contributed by atoms with Gasteiger partial charge in [0.05, 0.1) is 0 Å². The zero-order chi connectivity index (χ0) is 10.3. The van der Waals surface area contributed by atoms with Crippen molar-refractivity contribution in [1.82, 2.24) is 4.98 Å². The topological polar surface area (TPSA) is 53.4 Å². The minimum absolute atomic E-state index is 0.496. The fourth-order valence-electron chi connectivity index (χ4n) is 2.30. The molecule has 1 heterocycles. The van der Waals surface area contributed by atoms with E-state index in [9.17, 15) is 0 Å². The summed E-state index contributed by atoms with van der Waals surface area (Å²) in [4.78, 5) is 4.27. The molecule has 1 aromatic rings. The number of nitrogens with zero attached hydrogens (tertiary/aromatic N) is 1. The van der Waals surface area contributed by atoms with Crippen LogP contribution < -0.4 is 5.46 Å². The summed E-state index contributed by atoms with van der Waals surface area (Å²) in [7, 11) is -1.40. The number of aryl methyl sites for hydroxylation is 1. The molecule has 2 rings (SSSR count). The molecule has 1 unspecified atom stereocenters. The third-order valence-corrected chi connectivity index (χ3v) is 3.09. The first-order valence-corrected chi connectivity index (χ1v) is 4.95. The fourth-order valence-corrected chi connectivity index (χ4v) is 2.30. The van der Waals surface area contributed by atoms with E-state index in [1.807, 2.05) is 6.92 Å². The molecule has 0 bridgehead atoms. The molecule has 1 aliphatic rings. The first kappa shape index (κ1) is 9.68. The van der Waals surface area contributed by atoms with Crippen LogP contribution in [0.2, 0.25) is 0 Å². The Bertz CT molecular complexity index is 365. The lowest BCUT2D eigenvalue weighted by Crippen LogP contribution is -2.33. The minimum atomic E-state index is -1.40. The van der Waals surface area contributed by atoms with Gasteiger partial charge in [0.2, 0.25) is 0 Å². The molecule has 2 N–H and O–H groups in total. The van der Waals surface area contributed by atoms with Crippen molar-refractivity contribution in [2.75, 3.05) is 0 Å². The van der Waals surface area contributed by atoms with E-state index in [0.717, 1.165) is 24.1 Å². The van der Waals surface area contributed by atoms with E-state index in [4.69, 9.17) is 10.0 Å². The van der Waals surface area contributed by atoms with Crippen LogP contribution in [0, 0.1) is 6.92 Å². The van der Waals surface area contributed by atoms with Gasteiger partial charge in [-0.3, -0.25) is 4.98 Å². The molecule has 0 radical (unpaired) electrons. The monoisotopic (exact) mass is 191 g/mol. The van der Waals surface area contributed by atoms with E-state index in [2.05, 4.69) is 11.9 Å². The average molecular weight is 191 g/mol. The van der Waals surface area contributed by atoms with Gasteiger partial charge in [0, 0.05) is 17.4 Å². The molecule has 1 aromatic heterocycles. The number of fused-ring (bicyclic) bond motifs is 1. The van der Waals surface area contributed by atoms with Crippen molar-refractivity contribution in [3.8, 4) is 0 Å². The fraction of sp³-hybridized carbons (Fsp3) is 0.500. The summed E-state index contributed by atoms with van der Waals surface area (Å²) < 4.78 is 0. The third kappa shape index (κ3) is 1.35. The second-order valence-electron chi connectivity index (χ2n) is 4.01. The summed E-state index contributed by atoms with van der Waals surface area (Å²) in [6.45, 7) is 4.10. The molecule has 14 heavy (non-hydrogen) atoms. The Balaban J connectivity index is 2.56. The van der Waals surface area contributed by atoms with Crippen LogP contribution in [0.15, 0.2) is 6.20 Å². The molecular weight excluding hydrogens is 177 g/mol. The highest BCUT2D eigenvalue weighted by Crippen LogP contribution is 2.32. The predicted octanol–water partition coefficient (Wildman–Crippen LogP) is 0.120.